The molecule has 7 heteroatoms. The van der Waals surface area contributed by atoms with E-state index >= 15 is 0 Å². The molecule has 0 aliphatic carbocycles. The number of rotatable bonds is 6. The highest BCUT2D eigenvalue weighted by Crippen LogP contribution is 2.25. The summed E-state index contributed by atoms with van der Waals surface area (Å²) < 4.78 is 32.9. The van der Waals surface area contributed by atoms with Gasteiger partial charge in [-0.15, -0.1) is 11.3 Å². The molecule has 5 nitrogen and oxygen atoms in total. The third kappa shape index (κ3) is 4.00. The molecule has 0 spiro atoms. The van der Waals surface area contributed by atoms with Crippen LogP contribution in [0.25, 0.3) is 0 Å². The maximum atomic E-state index is 12.3. The van der Waals surface area contributed by atoms with E-state index in [0.717, 1.165) is 16.2 Å². The number of aryl methyl sites for hydroxylation is 1. The molecule has 0 radical (unpaired) electrons. The second-order valence-electron chi connectivity index (χ2n) is 5.13. The van der Waals surface area contributed by atoms with E-state index in [1.807, 2.05) is 31.2 Å². The maximum Gasteiger partial charge on any atom is 0.240 e. The first kappa shape index (κ1) is 16.6. The van der Waals surface area contributed by atoms with Crippen LogP contribution in [0.4, 0.5) is 0 Å². The van der Waals surface area contributed by atoms with E-state index in [0.29, 0.717) is 5.75 Å². The van der Waals surface area contributed by atoms with E-state index < -0.39 is 10.0 Å². The van der Waals surface area contributed by atoms with Crippen LogP contribution < -0.4 is 9.46 Å². The Kier molecular flexibility index (Phi) is 4.94. The zero-order valence-electron chi connectivity index (χ0n) is 13.0. The number of para-hydroxylation sites is 1. The van der Waals surface area contributed by atoms with Gasteiger partial charge in [0.1, 0.15) is 11.5 Å². The number of benzene rings is 2. The predicted molar refractivity (Wildman–Crippen MR) is 93.8 cm³/mol. The van der Waals surface area contributed by atoms with Crippen molar-refractivity contribution < 1.29 is 13.2 Å². The summed E-state index contributed by atoms with van der Waals surface area (Å²) in [7, 11) is -3.56. The van der Waals surface area contributed by atoms with Crippen LogP contribution in [0.5, 0.6) is 11.5 Å². The second kappa shape index (κ2) is 7.12. The number of thiazole rings is 1. The summed E-state index contributed by atoms with van der Waals surface area (Å²) in [5.74, 6) is 1.34. The Morgan fingerprint density at radius 1 is 1.12 bits per heavy atom. The number of ether oxygens (including phenoxy) is 1. The van der Waals surface area contributed by atoms with Crippen molar-refractivity contribution in [1.82, 2.24) is 9.71 Å². The van der Waals surface area contributed by atoms with Crippen molar-refractivity contribution in [3.63, 3.8) is 0 Å². The number of nitrogens with zero attached hydrogens (tertiary/aromatic N) is 1. The summed E-state index contributed by atoms with van der Waals surface area (Å²) in [5, 5.41) is 0. The van der Waals surface area contributed by atoms with Gasteiger partial charge in [0.25, 0.3) is 0 Å². The molecule has 2 aromatic carbocycles. The van der Waals surface area contributed by atoms with E-state index in [4.69, 9.17) is 4.74 Å². The molecule has 0 aliphatic rings. The van der Waals surface area contributed by atoms with Crippen molar-refractivity contribution in [2.24, 2.45) is 0 Å². The van der Waals surface area contributed by atoms with Crippen LogP contribution >= 0.6 is 11.3 Å². The minimum atomic E-state index is -3.56. The predicted octanol–water partition coefficient (Wildman–Crippen LogP) is 3.72. The Balaban J connectivity index is 1.70. The molecule has 3 rings (SSSR count). The average molecular weight is 360 g/mol. The lowest BCUT2D eigenvalue weighted by molar-refractivity contribution is 0.478. The minimum absolute atomic E-state index is 0.198. The summed E-state index contributed by atoms with van der Waals surface area (Å²) in [6.45, 7) is 2.19. The maximum absolute atomic E-state index is 12.3. The average Bonchev–Trinajstić information content (AvgIpc) is 3.09. The second-order valence-corrected chi connectivity index (χ2v) is 7.87. The number of hydrogen-bond acceptors (Lipinski definition) is 5. The molecule has 1 N–H and O–H groups in total. The molecule has 0 saturated heterocycles. The Morgan fingerprint density at radius 3 is 2.54 bits per heavy atom. The van der Waals surface area contributed by atoms with Crippen LogP contribution in [0.2, 0.25) is 0 Å². The van der Waals surface area contributed by atoms with Gasteiger partial charge in [-0.05, 0) is 42.8 Å². The van der Waals surface area contributed by atoms with Crippen molar-refractivity contribution in [1.29, 1.82) is 0 Å². The first-order valence-corrected chi connectivity index (χ1v) is 9.61. The molecule has 0 amide bonds. The Morgan fingerprint density at radius 2 is 1.88 bits per heavy atom. The molecule has 0 bridgehead atoms. The number of aromatic nitrogens is 1. The van der Waals surface area contributed by atoms with Gasteiger partial charge in [0.2, 0.25) is 10.0 Å². The van der Waals surface area contributed by atoms with Crippen LogP contribution in [0.3, 0.4) is 0 Å². The zero-order chi connectivity index (χ0) is 17.0. The first-order valence-electron chi connectivity index (χ1n) is 7.25. The van der Waals surface area contributed by atoms with Gasteiger partial charge >= 0.3 is 0 Å². The Hall–Kier alpha value is -2.22. The Bertz CT molecular complexity index is 905. The molecular formula is C17H16N2O3S2. The molecule has 3 aromatic rings. The molecule has 24 heavy (non-hydrogen) atoms. The lowest BCUT2D eigenvalue weighted by Gasteiger charge is -2.10. The summed E-state index contributed by atoms with van der Waals surface area (Å²) in [6.07, 6.45) is 1.65. The number of sulfonamides is 1. The van der Waals surface area contributed by atoms with Crippen LogP contribution in [0, 0.1) is 6.92 Å². The SMILES string of the molecule is Cc1ccccc1Oc1ccc(S(=O)(=O)NCc2cncs2)cc1. The topological polar surface area (TPSA) is 68.3 Å². The van der Waals surface area contributed by atoms with Crippen molar-refractivity contribution in [3.8, 4) is 11.5 Å². The summed E-state index contributed by atoms with van der Waals surface area (Å²) in [4.78, 5) is 4.98. The number of hydrogen-bond donors (Lipinski definition) is 1. The van der Waals surface area contributed by atoms with Gasteiger partial charge in [0.05, 0.1) is 10.4 Å². The summed E-state index contributed by atoms with van der Waals surface area (Å²) in [6, 6.07) is 14.0. The van der Waals surface area contributed by atoms with Gasteiger partial charge in [-0.2, -0.15) is 0 Å². The highest BCUT2D eigenvalue weighted by molar-refractivity contribution is 7.89. The largest absolute Gasteiger partial charge is 0.457 e. The quantitative estimate of drug-likeness (QED) is 0.727. The van der Waals surface area contributed by atoms with E-state index in [2.05, 4.69) is 9.71 Å². The van der Waals surface area contributed by atoms with Gasteiger partial charge in [-0.25, -0.2) is 13.1 Å². The monoisotopic (exact) mass is 360 g/mol. The van der Waals surface area contributed by atoms with Crippen molar-refractivity contribution in [2.75, 3.05) is 0 Å². The van der Waals surface area contributed by atoms with Crippen molar-refractivity contribution in [3.05, 3.63) is 70.7 Å². The highest BCUT2D eigenvalue weighted by atomic mass is 32.2. The van der Waals surface area contributed by atoms with Gasteiger partial charge < -0.3 is 4.74 Å². The molecular weight excluding hydrogens is 344 g/mol. The van der Waals surface area contributed by atoms with E-state index in [9.17, 15) is 8.42 Å². The fourth-order valence-corrected chi connectivity index (χ4v) is 3.70. The molecule has 0 unspecified atom stereocenters. The lowest BCUT2D eigenvalue weighted by Crippen LogP contribution is -2.22. The molecule has 0 saturated carbocycles. The fraction of sp³-hybridized carbons (Fsp3) is 0.118. The van der Waals surface area contributed by atoms with Gasteiger partial charge in [-0.1, -0.05) is 18.2 Å². The van der Waals surface area contributed by atoms with Crippen LogP contribution in [0.1, 0.15) is 10.4 Å². The minimum Gasteiger partial charge on any atom is -0.457 e. The molecule has 1 heterocycles. The standard InChI is InChI=1S/C17H16N2O3S2/c1-13-4-2-3-5-17(13)22-14-6-8-16(9-7-14)24(20,21)19-11-15-10-18-12-23-15/h2-10,12,19H,11H2,1H3. The van der Waals surface area contributed by atoms with E-state index in [-0.39, 0.29) is 11.4 Å². The zero-order valence-corrected chi connectivity index (χ0v) is 14.6. The van der Waals surface area contributed by atoms with Crippen LogP contribution in [0.15, 0.2) is 65.1 Å². The molecule has 0 atom stereocenters. The van der Waals surface area contributed by atoms with Gasteiger partial charge in [0.15, 0.2) is 0 Å². The first-order chi connectivity index (χ1) is 11.5. The molecule has 0 aliphatic heterocycles. The van der Waals surface area contributed by atoms with E-state index in [1.165, 1.54) is 23.5 Å². The summed E-state index contributed by atoms with van der Waals surface area (Å²) in [5.41, 5.74) is 2.68. The third-order valence-corrected chi connectivity index (χ3v) is 5.57. The van der Waals surface area contributed by atoms with Gasteiger partial charge in [-0.3, -0.25) is 4.98 Å². The van der Waals surface area contributed by atoms with Crippen LogP contribution in [-0.2, 0) is 16.6 Å². The number of nitrogens with one attached hydrogen (secondary N) is 1. The lowest BCUT2D eigenvalue weighted by atomic mass is 10.2. The van der Waals surface area contributed by atoms with Gasteiger partial charge in [0, 0.05) is 17.6 Å². The molecule has 1 aromatic heterocycles. The van der Waals surface area contributed by atoms with Crippen molar-refractivity contribution in [2.45, 2.75) is 18.4 Å². The Labute approximate surface area is 145 Å². The van der Waals surface area contributed by atoms with E-state index in [1.54, 1.807) is 23.8 Å². The smallest absolute Gasteiger partial charge is 0.240 e. The fourth-order valence-electron chi connectivity index (χ4n) is 2.06. The third-order valence-electron chi connectivity index (χ3n) is 3.38. The van der Waals surface area contributed by atoms with Crippen molar-refractivity contribution >= 4 is 21.4 Å². The van der Waals surface area contributed by atoms with Crippen LogP contribution in [-0.4, -0.2) is 13.4 Å². The normalized spacial score (nSPS) is 11.4. The molecule has 124 valence electrons. The molecule has 0 fully saturated rings. The highest BCUT2D eigenvalue weighted by Gasteiger charge is 2.14. The summed E-state index contributed by atoms with van der Waals surface area (Å²) >= 11 is 1.41.